The molecule has 0 aliphatic carbocycles. The highest BCUT2D eigenvalue weighted by molar-refractivity contribution is 6.47. The fraction of sp³-hybridized carbons (Fsp3) is 0.273. The largest absolute Gasteiger partial charge is 0.352 e. The number of carbonyl (C=O) groups excluding carboxylic acids is 4. The summed E-state index contributed by atoms with van der Waals surface area (Å²) in [6.45, 7) is 0.0612. The van der Waals surface area contributed by atoms with Crippen molar-refractivity contribution in [2.45, 2.75) is 37.3 Å². The number of nitrogens with one attached hydrogen (secondary N) is 2. The predicted octanol–water partition coefficient (Wildman–Crippen LogP) is -0.236. The van der Waals surface area contributed by atoms with Crippen molar-refractivity contribution in [3.63, 3.8) is 0 Å². The van der Waals surface area contributed by atoms with Crippen molar-refractivity contribution < 1.29 is 28.0 Å². The molecule has 0 aromatic heterocycles. The quantitative estimate of drug-likeness (QED) is 0.446. The van der Waals surface area contributed by atoms with E-state index in [1.807, 2.05) is 5.32 Å². The number of alkyl halides is 2. The van der Waals surface area contributed by atoms with Gasteiger partial charge >= 0.3 is 5.92 Å². The van der Waals surface area contributed by atoms with Crippen molar-refractivity contribution in [1.82, 2.24) is 15.5 Å². The van der Waals surface area contributed by atoms with Gasteiger partial charge in [-0.3, -0.25) is 24.5 Å². The van der Waals surface area contributed by atoms with E-state index in [4.69, 9.17) is 35.1 Å². The van der Waals surface area contributed by atoms with Gasteiger partial charge in [0.25, 0.3) is 11.8 Å². The molecule has 0 spiro atoms. The van der Waals surface area contributed by atoms with Crippen LogP contribution in [0.25, 0.3) is 0 Å². The van der Waals surface area contributed by atoms with Crippen LogP contribution in [-0.2, 0) is 26.9 Å². The van der Waals surface area contributed by atoms with Crippen LogP contribution in [0.15, 0.2) is 30.3 Å². The van der Waals surface area contributed by atoms with Crippen LogP contribution in [0.4, 0.5) is 8.78 Å². The van der Waals surface area contributed by atoms with E-state index in [1.165, 1.54) is 23.1 Å². The van der Waals surface area contributed by atoms with Crippen molar-refractivity contribution >= 4 is 69.7 Å². The summed E-state index contributed by atoms with van der Waals surface area (Å²) in [6, 6.07) is 5.41. The summed E-state index contributed by atoms with van der Waals surface area (Å²) in [5.74, 6) is -8.48. The maximum Gasteiger partial charge on any atom is 0.349 e. The Morgan fingerprint density at radius 3 is 2.57 bits per heavy atom. The number of nitrogens with zero attached hydrogens (tertiary/aromatic N) is 1. The number of rotatable bonds is 5. The number of imide groups is 1. The summed E-state index contributed by atoms with van der Waals surface area (Å²) in [5, 5.41) is 4.22. The van der Waals surface area contributed by atoms with Crippen LogP contribution in [0.5, 0.6) is 0 Å². The second-order valence-corrected chi connectivity index (χ2v) is 8.71. The number of amides is 4. The van der Waals surface area contributed by atoms with Gasteiger partial charge in [-0.1, -0.05) is 46.8 Å². The lowest BCUT2D eigenvalue weighted by Crippen LogP contribution is -2.52. The molecule has 13 heteroatoms. The maximum absolute atomic E-state index is 14.8. The molecule has 2 aliphatic heterocycles. The summed E-state index contributed by atoms with van der Waals surface area (Å²) in [6.07, 6.45) is 0.303. The molecule has 2 aromatic rings. The van der Waals surface area contributed by atoms with Crippen LogP contribution in [0.2, 0.25) is 5.02 Å². The topological polar surface area (TPSA) is 95.6 Å². The van der Waals surface area contributed by atoms with Gasteiger partial charge in [0.1, 0.15) is 29.6 Å². The van der Waals surface area contributed by atoms with Crippen LogP contribution < -0.4 is 21.6 Å². The number of halogens is 3. The Morgan fingerprint density at radius 1 is 1.17 bits per heavy atom. The van der Waals surface area contributed by atoms with E-state index in [1.54, 1.807) is 0 Å². The molecule has 2 aromatic carbocycles. The van der Waals surface area contributed by atoms with Gasteiger partial charge in [0.05, 0.1) is 0 Å². The van der Waals surface area contributed by atoms with Crippen LogP contribution in [0.3, 0.4) is 0 Å². The molecule has 2 heterocycles. The van der Waals surface area contributed by atoms with E-state index in [2.05, 4.69) is 5.32 Å². The fourth-order valence-electron chi connectivity index (χ4n) is 4.10. The molecule has 4 rings (SSSR count). The van der Waals surface area contributed by atoms with Crippen molar-refractivity contribution in [2.75, 3.05) is 0 Å². The molecular formula is C22H15B3ClF2N3O4. The van der Waals surface area contributed by atoms with Crippen LogP contribution in [0, 0.1) is 0 Å². The Kier molecular flexibility index (Phi) is 6.53. The third-order valence-corrected chi connectivity index (χ3v) is 6.31. The first-order chi connectivity index (χ1) is 16.4. The zero-order valence-electron chi connectivity index (χ0n) is 18.1. The van der Waals surface area contributed by atoms with Gasteiger partial charge in [-0.05, 0) is 23.6 Å². The van der Waals surface area contributed by atoms with E-state index in [0.29, 0.717) is 11.1 Å². The molecule has 2 N–H and O–H groups in total. The molecule has 0 saturated carbocycles. The van der Waals surface area contributed by atoms with Gasteiger partial charge in [-0.15, -0.1) is 0 Å². The lowest BCUT2D eigenvalue weighted by Gasteiger charge is -2.29. The van der Waals surface area contributed by atoms with E-state index < -0.39 is 52.6 Å². The van der Waals surface area contributed by atoms with Crippen LogP contribution in [0.1, 0.15) is 45.8 Å². The number of carbonyl (C=O) groups is 4. The highest BCUT2D eigenvalue weighted by Gasteiger charge is 2.43. The molecule has 1 fully saturated rings. The third-order valence-electron chi connectivity index (χ3n) is 5.99. The molecule has 2 aliphatic rings. The zero-order valence-corrected chi connectivity index (χ0v) is 18.9. The third kappa shape index (κ3) is 4.59. The minimum absolute atomic E-state index is 0.0294. The summed E-state index contributed by atoms with van der Waals surface area (Å²) >= 11 is 5.78. The SMILES string of the molecule is [B]c1cc(C(F)(F)C(=O)NC([B])c2ccc3c(c2)CN(C2CCC(=O)NC2=O)C3=O)c([B])cc1Cl. The average Bonchev–Trinajstić information content (AvgIpc) is 3.11. The normalized spacial score (nSPS) is 18.8. The molecule has 2 unspecified atom stereocenters. The first-order valence-corrected chi connectivity index (χ1v) is 10.8. The first-order valence-electron chi connectivity index (χ1n) is 10.5. The Balaban J connectivity index is 1.50. The zero-order chi connectivity index (χ0) is 25.7. The van der Waals surface area contributed by atoms with E-state index >= 15 is 0 Å². The van der Waals surface area contributed by atoms with E-state index in [0.717, 1.165) is 12.1 Å². The molecule has 7 nitrogen and oxygen atoms in total. The van der Waals surface area contributed by atoms with Gasteiger partial charge in [0.15, 0.2) is 0 Å². The number of piperidine rings is 1. The molecule has 0 bridgehead atoms. The van der Waals surface area contributed by atoms with Gasteiger partial charge < -0.3 is 10.2 Å². The average molecular weight is 491 g/mol. The van der Waals surface area contributed by atoms with Gasteiger partial charge in [-0.25, -0.2) is 0 Å². The fourth-order valence-corrected chi connectivity index (χ4v) is 4.27. The Labute approximate surface area is 208 Å². The first kappa shape index (κ1) is 25.0. The number of hydrogen-bond donors (Lipinski definition) is 2. The summed E-state index contributed by atoms with van der Waals surface area (Å²) in [4.78, 5) is 50.1. The monoisotopic (exact) mass is 491 g/mol. The molecule has 6 radical (unpaired) electrons. The molecular weight excluding hydrogens is 476 g/mol. The molecule has 2 atom stereocenters. The number of fused-ring (bicyclic) bond motifs is 1. The van der Waals surface area contributed by atoms with E-state index in [9.17, 15) is 28.0 Å². The molecule has 4 amide bonds. The van der Waals surface area contributed by atoms with Crippen LogP contribution >= 0.6 is 11.6 Å². The Bertz CT molecular complexity index is 1280. The summed E-state index contributed by atoms with van der Waals surface area (Å²) in [5.41, 5.74) is -0.327. The lowest BCUT2D eigenvalue weighted by atomic mass is 9.82. The van der Waals surface area contributed by atoms with Gasteiger partial charge in [0.2, 0.25) is 11.8 Å². The smallest absolute Gasteiger partial charge is 0.349 e. The van der Waals surface area contributed by atoms with Crippen LogP contribution in [-0.4, -0.2) is 58.1 Å². The Hall–Kier alpha value is -3.14. The van der Waals surface area contributed by atoms with Crippen molar-refractivity contribution in [1.29, 1.82) is 0 Å². The van der Waals surface area contributed by atoms with Crippen molar-refractivity contribution in [3.8, 4) is 0 Å². The van der Waals surface area contributed by atoms with Crippen molar-refractivity contribution in [2.24, 2.45) is 0 Å². The summed E-state index contributed by atoms with van der Waals surface area (Å²) in [7, 11) is 17.1. The highest BCUT2D eigenvalue weighted by atomic mass is 35.5. The number of benzene rings is 2. The molecule has 1 saturated heterocycles. The van der Waals surface area contributed by atoms with Crippen molar-refractivity contribution in [3.05, 3.63) is 57.6 Å². The van der Waals surface area contributed by atoms with Gasteiger partial charge in [-0.2, -0.15) is 8.78 Å². The van der Waals surface area contributed by atoms with Gasteiger partial charge in [0, 0.05) is 35.1 Å². The standard InChI is InChI=1S/C22H15B3ClF2N3O4/c23-13-7-15(26)14(24)6-12(13)22(27,28)21(35)30-18(25)9-1-2-11-10(5-9)8-31(20(11)34)16-3-4-17(32)29-19(16)33/h1-2,5-7,16,18H,3-4,8H2,(H,30,35)(H,29,32,33). The minimum atomic E-state index is -4.06. The lowest BCUT2D eigenvalue weighted by molar-refractivity contribution is -0.147. The second-order valence-electron chi connectivity index (χ2n) is 8.30. The van der Waals surface area contributed by atoms with E-state index in [-0.39, 0.29) is 35.4 Å². The highest BCUT2D eigenvalue weighted by Crippen LogP contribution is 2.31. The summed E-state index contributed by atoms with van der Waals surface area (Å²) < 4.78 is 29.7. The molecule has 172 valence electrons. The Morgan fingerprint density at radius 2 is 1.89 bits per heavy atom. The predicted molar refractivity (Wildman–Crippen MR) is 125 cm³/mol. The molecule has 35 heavy (non-hydrogen) atoms. The number of hydrogen-bond acceptors (Lipinski definition) is 4. The minimum Gasteiger partial charge on any atom is -0.352 e. The maximum atomic E-state index is 14.8. The second kappa shape index (κ2) is 9.15.